The second-order valence-corrected chi connectivity index (χ2v) is 4.86. The van der Waals surface area contributed by atoms with Gasteiger partial charge in [0.05, 0.1) is 0 Å². The van der Waals surface area contributed by atoms with E-state index in [0.29, 0.717) is 0 Å². The van der Waals surface area contributed by atoms with Crippen LogP contribution in [0.3, 0.4) is 0 Å². The van der Waals surface area contributed by atoms with Gasteiger partial charge in [0, 0.05) is 13.7 Å². The molecule has 0 radical (unpaired) electrons. The summed E-state index contributed by atoms with van der Waals surface area (Å²) in [6.07, 6.45) is 2.65. The molecular formula is C11H21NO3. The largest absolute Gasteiger partial charge is 0.444 e. The Morgan fingerprint density at radius 1 is 1.33 bits per heavy atom. The zero-order chi connectivity index (χ0) is 11.5. The Hall–Kier alpha value is -0.770. The van der Waals surface area contributed by atoms with E-state index in [2.05, 4.69) is 0 Å². The molecule has 1 atom stereocenters. The first-order valence-electron chi connectivity index (χ1n) is 5.46. The molecule has 1 aliphatic rings. The molecule has 0 bridgehead atoms. The SMILES string of the molecule is CO[C@@H]1CCCCN1C(=O)OC(C)(C)C. The summed E-state index contributed by atoms with van der Waals surface area (Å²) in [5.74, 6) is 0. The third kappa shape index (κ3) is 3.70. The molecular weight excluding hydrogens is 194 g/mol. The number of hydrogen-bond donors (Lipinski definition) is 0. The standard InChI is InChI=1S/C11H21NO3/c1-11(2,3)15-10(13)12-8-6-5-7-9(12)14-4/h9H,5-8H2,1-4H3/t9-/m1/s1. The van der Waals surface area contributed by atoms with Gasteiger partial charge in [-0.1, -0.05) is 0 Å². The van der Waals surface area contributed by atoms with Gasteiger partial charge in [-0.15, -0.1) is 0 Å². The minimum atomic E-state index is -0.438. The molecule has 0 N–H and O–H groups in total. The molecule has 0 aromatic rings. The summed E-state index contributed by atoms with van der Waals surface area (Å²) in [5.41, 5.74) is -0.438. The fraction of sp³-hybridized carbons (Fsp3) is 0.909. The molecule has 15 heavy (non-hydrogen) atoms. The second kappa shape index (κ2) is 4.84. The number of nitrogens with zero attached hydrogens (tertiary/aromatic N) is 1. The smallest absolute Gasteiger partial charge is 0.412 e. The number of likely N-dealkylation sites (tertiary alicyclic amines) is 1. The lowest BCUT2D eigenvalue weighted by Crippen LogP contribution is -2.46. The monoisotopic (exact) mass is 215 g/mol. The summed E-state index contributed by atoms with van der Waals surface area (Å²) in [6, 6.07) is 0. The van der Waals surface area contributed by atoms with Crippen LogP contribution in [0.1, 0.15) is 40.0 Å². The lowest BCUT2D eigenvalue weighted by atomic mass is 10.1. The molecule has 1 rings (SSSR count). The van der Waals surface area contributed by atoms with Crippen LogP contribution in [-0.4, -0.2) is 36.5 Å². The van der Waals surface area contributed by atoms with E-state index in [1.54, 1.807) is 12.0 Å². The van der Waals surface area contributed by atoms with Crippen LogP contribution in [0.4, 0.5) is 4.79 Å². The maximum absolute atomic E-state index is 11.8. The van der Waals surface area contributed by atoms with Crippen LogP contribution in [0.5, 0.6) is 0 Å². The van der Waals surface area contributed by atoms with E-state index in [-0.39, 0.29) is 12.3 Å². The molecule has 0 spiro atoms. The molecule has 1 aliphatic heterocycles. The predicted octanol–water partition coefficient (Wildman–Crippen LogP) is 2.38. The maximum Gasteiger partial charge on any atom is 0.412 e. The maximum atomic E-state index is 11.8. The van der Waals surface area contributed by atoms with E-state index >= 15 is 0 Å². The van der Waals surface area contributed by atoms with Crippen molar-refractivity contribution in [2.45, 2.75) is 51.9 Å². The second-order valence-electron chi connectivity index (χ2n) is 4.86. The highest BCUT2D eigenvalue weighted by Gasteiger charge is 2.30. The van der Waals surface area contributed by atoms with Crippen LogP contribution in [0, 0.1) is 0 Å². The van der Waals surface area contributed by atoms with Crippen LogP contribution in [0.25, 0.3) is 0 Å². The van der Waals surface area contributed by atoms with Crippen molar-refractivity contribution in [3.63, 3.8) is 0 Å². The average molecular weight is 215 g/mol. The fourth-order valence-electron chi connectivity index (χ4n) is 1.68. The molecule has 0 unspecified atom stereocenters. The van der Waals surface area contributed by atoms with Crippen molar-refractivity contribution in [3.05, 3.63) is 0 Å². The number of ether oxygens (including phenoxy) is 2. The third-order valence-electron chi connectivity index (χ3n) is 2.35. The van der Waals surface area contributed by atoms with Crippen LogP contribution < -0.4 is 0 Å². The zero-order valence-electron chi connectivity index (χ0n) is 10.1. The first-order valence-corrected chi connectivity index (χ1v) is 5.46. The van der Waals surface area contributed by atoms with Gasteiger partial charge in [0.2, 0.25) is 0 Å². The minimum absolute atomic E-state index is 0.117. The Labute approximate surface area is 91.5 Å². The van der Waals surface area contributed by atoms with Gasteiger partial charge in [0.1, 0.15) is 11.8 Å². The first-order chi connectivity index (χ1) is 6.94. The molecule has 4 nitrogen and oxygen atoms in total. The summed E-state index contributed by atoms with van der Waals surface area (Å²) in [5, 5.41) is 0. The Balaban J connectivity index is 2.56. The highest BCUT2D eigenvalue weighted by molar-refractivity contribution is 5.68. The summed E-state index contributed by atoms with van der Waals surface area (Å²) < 4.78 is 10.6. The van der Waals surface area contributed by atoms with Gasteiger partial charge in [-0.05, 0) is 40.0 Å². The van der Waals surface area contributed by atoms with Gasteiger partial charge in [0.25, 0.3) is 0 Å². The van der Waals surface area contributed by atoms with Gasteiger partial charge in [-0.3, -0.25) is 4.90 Å². The van der Waals surface area contributed by atoms with Crippen LogP contribution in [0.2, 0.25) is 0 Å². The quantitative estimate of drug-likeness (QED) is 0.674. The van der Waals surface area contributed by atoms with Gasteiger partial charge < -0.3 is 9.47 Å². The topological polar surface area (TPSA) is 38.8 Å². The number of hydrogen-bond acceptors (Lipinski definition) is 3. The van der Waals surface area contributed by atoms with Crippen molar-refractivity contribution < 1.29 is 14.3 Å². The zero-order valence-corrected chi connectivity index (χ0v) is 10.1. The number of methoxy groups -OCH3 is 1. The van der Waals surface area contributed by atoms with Crippen molar-refractivity contribution >= 4 is 6.09 Å². The van der Waals surface area contributed by atoms with E-state index in [0.717, 1.165) is 25.8 Å². The third-order valence-corrected chi connectivity index (χ3v) is 2.35. The predicted molar refractivity (Wildman–Crippen MR) is 57.6 cm³/mol. The number of rotatable bonds is 1. The number of carbonyl (C=O) groups excluding carboxylic acids is 1. The Morgan fingerprint density at radius 2 is 2.00 bits per heavy atom. The van der Waals surface area contributed by atoms with E-state index in [4.69, 9.17) is 9.47 Å². The molecule has 0 aromatic heterocycles. The van der Waals surface area contributed by atoms with Crippen LogP contribution in [0.15, 0.2) is 0 Å². The summed E-state index contributed by atoms with van der Waals surface area (Å²) >= 11 is 0. The van der Waals surface area contributed by atoms with Crippen molar-refractivity contribution in [1.82, 2.24) is 4.90 Å². The molecule has 1 heterocycles. The molecule has 1 saturated heterocycles. The first kappa shape index (κ1) is 12.3. The Morgan fingerprint density at radius 3 is 2.53 bits per heavy atom. The Kier molecular flexibility index (Phi) is 3.97. The lowest BCUT2D eigenvalue weighted by Gasteiger charge is -2.35. The number of piperidine rings is 1. The molecule has 1 fully saturated rings. The molecule has 0 aromatic carbocycles. The van der Waals surface area contributed by atoms with Gasteiger partial charge in [-0.25, -0.2) is 4.79 Å². The van der Waals surface area contributed by atoms with Crippen LogP contribution >= 0.6 is 0 Å². The minimum Gasteiger partial charge on any atom is -0.444 e. The van der Waals surface area contributed by atoms with E-state index in [9.17, 15) is 4.79 Å². The Bertz CT molecular complexity index is 222. The van der Waals surface area contributed by atoms with E-state index in [1.165, 1.54) is 0 Å². The molecule has 0 saturated carbocycles. The molecule has 4 heteroatoms. The molecule has 1 amide bonds. The number of carbonyl (C=O) groups is 1. The summed E-state index contributed by atoms with van der Waals surface area (Å²) in [6.45, 7) is 6.34. The number of amides is 1. The molecule has 0 aliphatic carbocycles. The van der Waals surface area contributed by atoms with E-state index in [1.807, 2.05) is 20.8 Å². The van der Waals surface area contributed by atoms with Crippen molar-refractivity contribution in [2.24, 2.45) is 0 Å². The van der Waals surface area contributed by atoms with Gasteiger partial charge in [-0.2, -0.15) is 0 Å². The van der Waals surface area contributed by atoms with Gasteiger partial charge in [0.15, 0.2) is 0 Å². The van der Waals surface area contributed by atoms with Crippen molar-refractivity contribution in [1.29, 1.82) is 0 Å². The van der Waals surface area contributed by atoms with Crippen molar-refractivity contribution in [3.8, 4) is 0 Å². The normalized spacial score (nSPS) is 22.7. The summed E-state index contributed by atoms with van der Waals surface area (Å²) in [7, 11) is 1.63. The highest BCUT2D eigenvalue weighted by Crippen LogP contribution is 2.20. The fourth-order valence-corrected chi connectivity index (χ4v) is 1.68. The van der Waals surface area contributed by atoms with Crippen molar-refractivity contribution in [2.75, 3.05) is 13.7 Å². The average Bonchev–Trinajstić information content (AvgIpc) is 2.15. The summed E-state index contributed by atoms with van der Waals surface area (Å²) in [4.78, 5) is 13.5. The molecule has 88 valence electrons. The van der Waals surface area contributed by atoms with Gasteiger partial charge >= 0.3 is 6.09 Å². The lowest BCUT2D eigenvalue weighted by molar-refractivity contribution is -0.0649. The highest BCUT2D eigenvalue weighted by atomic mass is 16.6. The van der Waals surface area contributed by atoms with Crippen LogP contribution in [-0.2, 0) is 9.47 Å². The van der Waals surface area contributed by atoms with E-state index < -0.39 is 5.60 Å².